The van der Waals surface area contributed by atoms with Crippen molar-refractivity contribution in [3.8, 4) is 0 Å². The number of rotatable bonds is 11. The van der Waals surface area contributed by atoms with Crippen LogP contribution in [0.3, 0.4) is 0 Å². The van der Waals surface area contributed by atoms with Gasteiger partial charge in [0, 0.05) is 13.5 Å². The van der Waals surface area contributed by atoms with Crippen LogP contribution in [0.25, 0.3) is 0 Å². The van der Waals surface area contributed by atoms with Gasteiger partial charge in [-0.1, -0.05) is 11.6 Å². The molecule has 1 unspecified atom stereocenters. The van der Waals surface area contributed by atoms with Crippen LogP contribution in [0.2, 0.25) is 5.15 Å². The second-order valence-corrected chi connectivity index (χ2v) is 4.63. The summed E-state index contributed by atoms with van der Waals surface area (Å²) >= 11 is 5.62. The van der Waals surface area contributed by atoms with Crippen LogP contribution in [-0.2, 0) is 20.6 Å². The Labute approximate surface area is 128 Å². The summed E-state index contributed by atoms with van der Waals surface area (Å²) in [4.78, 5) is 3.97. The first-order valence-electron chi connectivity index (χ1n) is 6.60. The number of halogens is 1. The van der Waals surface area contributed by atoms with Crippen molar-refractivity contribution in [2.75, 3.05) is 45.9 Å². The van der Waals surface area contributed by atoms with Gasteiger partial charge in [-0.15, -0.1) is 10.2 Å². The largest absolute Gasteiger partial charge is 0.391 e. The van der Waals surface area contributed by atoms with Crippen molar-refractivity contribution in [3.05, 3.63) is 11.0 Å². The molecule has 0 spiro atoms. The van der Waals surface area contributed by atoms with E-state index in [-0.39, 0.29) is 17.6 Å². The number of hydrogen-bond donors (Lipinski definition) is 2. The average molecular weight is 321 g/mol. The lowest BCUT2D eigenvalue weighted by atomic mass is 10.2. The molecule has 1 heterocycles. The number of methoxy groups -OCH3 is 1. The minimum absolute atomic E-state index is 0.0797. The predicted octanol–water partition coefficient (Wildman–Crippen LogP) is 0.0803. The highest BCUT2D eigenvalue weighted by molar-refractivity contribution is 6.31. The summed E-state index contributed by atoms with van der Waals surface area (Å²) in [6, 6.07) is 0. The molecule has 0 aliphatic carbocycles. The quantitative estimate of drug-likeness (QED) is 0.551. The smallest absolute Gasteiger partial charge is 0.193 e. The molecular formula is C12H21ClN4O4. The number of nitrogen functional groups attached to an aromatic ring is 1. The van der Waals surface area contributed by atoms with Gasteiger partial charge in [-0.2, -0.15) is 0 Å². The minimum atomic E-state index is -0.607. The first-order valence-corrected chi connectivity index (χ1v) is 6.98. The standard InChI is InChI=1S/C12H21ClN4O4/c1-19-4-5-20-6-7-21-8-9(18)2-3-10-15-12(14)11(13)17-16-10/h9,18H,2-8H2,1H3,(H2,14,15,16). The molecule has 0 fully saturated rings. The van der Waals surface area contributed by atoms with Gasteiger partial charge in [-0.25, -0.2) is 4.98 Å². The minimum Gasteiger partial charge on any atom is -0.391 e. The number of aromatic nitrogens is 3. The summed E-state index contributed by atoms with van der Waals surface area (Å²) in [5.41, 5.74) is 5.52. The normalized spacial score (nSPS) is 12.5. The molecule has 0 radical (unpaired) electrons. The Balaban J connectivity index is 2.08. The Bertz CT molecular complexity index is 411. The Kier molecular flexibility index (Phi) is 9.11. The molecule has 9 heteroatoms. The Morgan fingerprint density at radius 1 is 1.19 bits per heavy atom. The van der Waals surface area contributed by atoms with Crippen molar-refractivity contribution >= 4 is 17.4 Å². The van der Waals surface area contributed by atoms with E-state index in [0.29, 0.717) is 45.1 Å². The van der Waals surface area contributed by atoms with Crippen molar-refractivity contribution in [3.63, 3.8) is 0 Å². The van der Waals surface area contributed by atoms with Crippen LogP contribution in [0.4, 0.5) is 5.82 Å². The molecule has 1 rings (SSSR count). The van der Waals surface area contributed by atoms with Crippen LogP contribution < -0.4 is 5.73 Å². The Morgan fingerprint density at radius 2 is 1.90 bits per heavy atom. The highest BCUT2D eigenvalue weighted by Crippen LogP contribution is 2.11. The highest BCUT2D eigenvalue weighted by atomic mass is 35.5. The maximum absolute atomic E-state index is 9.76. The van der Waals surface area contributed by atoms with E-state index in [4.69, 9.17) is 31.5 Å². The van der Waals surface area contributed by atoms with Gasteiger partial charge in [0.05, 0.1) is 39.1 Å². The van der Waals surface area contributed by atoms with E-state index in [1.54, 1.807) is 7.11 Å². The summed E-state index contributed by atoms with van der Waals surface area (Å²) in [5, 5.41) is 17.3. The van der Waals surface area contributed by atoms with E-state index < -0.39 is 6.10 Å². The Hall–Kier alpha value is -1.06. The lowest BCUT2D eigenvalue weighted by Gasteiger charge is -2.11. The van der Waals surface area contributed by atoms with Crippen molar-refractivity contribution < 1.29 is 19.3 Å². The number of hydrogen-bond acceptors (Lipinski definition) is 8. The monoisotopic (exact) mass is 320 g/mol. The van der Waals surface area contributed by atoms with Crippen LogP contribution in [0, 0.1) is 0 Å². The summed E-state index contributed by atoms with van der Waals surface area (Å²) in [7, 11) is 1.61. The van der Waals surface area contributed by atoms with E-state index in [0.717, 1.165) is 0 Å². The molecule has 1 aromatic rings. The van der Waals surface area contributed by atoms with Crippen LogP contribution in [-0.4, -0.2) is 66.5 Å². The van der Waals surface area contributed by atoms with E-state index in [9.17, 15) is 5.11 Å². The van der Waals surface area contributed by atoms with Gasteiger partial charge < -0.3 is 25.1 Å². The van der Waals surface area contributed by atoms with Gasteiger partial charge in [-0.3, -0.25) is 0 Å². The van der Waals surface area contributed by atoms with Gasteiger partial charge in [0.15, 0.2) is 16.8 Å². The first kappa shape index (κ1) is 18.0. The molecule has 0 bridgehead atoms. The number of aliphatic hydroxyl groups is 1. The third-order valence-electron chi connectivity index (χ3n) is 2.53. The fourth-order valence-electron chi connectivity index (χ4n) is 1.43. The summed E-state index contributed by atoms with van der Waals surface area (Å²) in [5.74, 6) is 0.583. The molecule has 0 aliphatic heterocycles. The second kappa shape index (κ2) is 10.6. The van der Waals surface area contributed by atoms with Crippen molar-refractivity contribution in [1.82, 2.24) is 15.2 Å². The lowest BCUT2D eigenvalue weighted by Crippen LogP contribution is -2.19. The van der Waals surface area contributed by atoms with Gasteiger partial charge in [0.1, 0.15) is 0 Å². The first-order chi connectivity index (χ1) is 10.1. The lowest BCUT2D eigenvalue weighted by molar-refractivity contribution is -0.00714. The topological polar surface area (TPSA) is 113 Å². The van der Waals surface area contributed by atoms with Gasteiger partial charge >= 0.3 is 0 Å². The summed E-state index contributed by atoms with van der Waals surface area (Å²) < 4.78 is 15.3. The van der Waals surface area contributed by atoms with Crippen LogP contribution in [0.1, 0.15) is 12.2 Å². The third-order valence-corrected chi connectivity index (χ3v) is 2.80. The molecule has 0 aromatic carbocycles. The molecule has 8 nitrogen and oxygen atoms in total. The maximum Gasteiger partial charge on any atom is 0.193 e. The van der Waals surface area contributed by atoms with Crippen molar-refractivity contribution in [2.45, 2.75) is 18.9 Å². The predicted molar refractivity (Wildman–Crippen MR) is 77.1 cm³/mol. The zero-order valence-electron chi connectivity index (χ0n) is 12.0. The molecule has 1 atom stereocenters. The number of ether oxygens (including phenoxy) is 3. The SMILES string of the molecule is COCCOCCOCC(O)CCc1nnc(Cl)c(N)n1. The maximum atomic E-state index is 9.76. The van der Waals surface area contributed by atoms with Crippen molar-refractivity contribution in [2.24, 2.45) is 0 Å². The van der Waals surface area contributed by atoms with Gasteiger partial charge in [0.2, 0.25) is 0 Å². The van der Waals surface area contributed by atoms with Crippen LogP contribution in [0.15, 0.2) is 0 Å². The molecule has 0 amide bonds. The molecule has 120 valence electrons. The zero-order valence-corrected chi connectivity index (χ0v) is 12.8. The second-order valence-electron chi connectivity index (χ2n) is 4.28. The van der Waals surface area contributed by atoms with E-state index in [1.165, 1.54) is 0 Å². The molecule has 21 heavy (non-hydrogen) atoms. The number of anilines is 1. The van der Waals surface area contributed by atoms with E-state index >= 15 is 0 Å². The van der Waals surface area contributed by atoms with E-state index in [1.807, 2.05) is 0 Å². The summed E-state index contributed by atoms with van der Waals surface area (Å²) in [6.07, 6.45) is 0.292. The number of aliphatic hydroxyl groups excluding tert-OH is 1. The number of nitrogens with two attached hydrogens (primary N) is 1. The third kappa shape index (κ3) is 8.08. The summed E-state index contributed by atoms with van der Waals surface area (Å²) in [6.45, 7) is 2.21. The molecule has 0 aliphatic rings. The molecule has 0 saturated heterocycles. The molecule has 1 aromatic heterocycles. The van der Waals surface area contributed by atoms with Gasteiger partial charge in [-0.05, 0) is 6.42 Å². The molecular weight excluding hydrogens is 300 g/mol. The molecule has 0 saturated carbocycles. The van der Waals surface area contributed by atoms with Crippen molar-refractivity contribution in [1.29, 1.82) is 0 Å². The zero-order chi connectivity index (χ0) is 15.5. The number of nitrogens with zero attached hydrogens (tertiary/aromatic N) is 3. The van der Waals surface area contributed by atoms with Gasteiger partial charge in [0.25, 0.3) is 0 Å². The van der Waals surface area contributed by atoms with E-state index in [2.05, 4.69) is 15.2 Å². The molecule has 3 N–H and O–H groups in total. The number of aryl methyl sites for hydroxylation is 1. The fraction of sp³-hybridized carbons (Fsp3) is 0.750. The van der Waals surface area contributed by atoms with Crippen LogP contribution in [0.5, 0.6) is 0 Å². The fourth-order valence-corrected chi connectivity index (χ4v) is 1.51. The van der Waals surface area contributed by atoms with Crippen LogP contribution >= 0.6 is 11.6 Å². The Morgan fingerprint density at radius 3 is 2.62 bits per heavy atom. The average Bonchev–Trinajstić information content (AvgIpc) is 2.47. The highest BCUT2D eigenvalue weighted by Gasteiger charge is 2.08.